The highest BCUT2D eigenvalue weighted by molar-refractivity contribution is 5.46. The summed E-state index contributed by atoms with van der Waals surface area (Å²) in [6.07, 6.45) is 0. The second-order valence-corrected chi connectivity index (χ2v) is 4.74. The minimum absolute atomic E-state index is 0.177. The van der Waals surface area contributed by atoms with Gasteiger partial charge < -0.3 is 10.6 Å². The van der Waals surface area contributed by atoms with Gasteiger partial charge in [-0.2, -0.15) is 0 Å². The molecule has 4 heteroatoms. The Hall–Kier alpha value is -1.13. The number of benzene rings is 1. The minimum atomic E-state index is -0.177. The number of hydrogen-bond acceptors (Lipinski definition) is 3. The molecule has 0 amide bonds. The van der Waals surface area contributed by atoms with Gasteiger partial charge in [-0.15, -0.1) is 0 Å². The summed E-state index contributed by atoms with van der Waals surface area (Å²) in [6, 6.07) is 6.95. The highest BCUT2D eigenvalue weighted by Gasteiger charge is 2.17. The molecule has 94 valence electrons. The van der Waals surface area contributed by atoms with Crippen LogP contribution in [0.15, 0.2) is 24.3 Å². The average molecular weight is 237 g/mol. The third kappa shape index (κ3) is 3.41. The number of nitrogens with two attached hydrogens (primary N) is 1. The lowest BCUT2D eigenvalue weighted by atomic mass is 10.2. The van der Waals surface area contributed by atoms with Crippen LogP contribution in [0.1, 0.15) is 6.92 Å². The summed E-state index contributed by atoms with van der Waals surface area (Å²) in [5.41, 5.74) is 6.89. The van der Waals surface area contributed by atoms with E-state index in [4.69, 9.17) is 5.73 Å². The Morgan fingerprint density at radius 3 is 2.29 bits per heavy atom. The fourth-order valence-corrected chi connectivity index (χ4v) is 2.25. The van der Waals surface area contributed by atoms with Gasteiger partial charge in [-0.05, 0) is 31.2 Å². The van der Waals surface area contributed by atoms with E-state index in [0.717, 1.165) is 38.4 Å². The number of piperazine rings is 1. The molecule has 1 fully saturated rings. The summed E-state index contributed by atoms with van der Waals surface area (Å²) in [5, 5.41) is 0. The van der Waals surface area contributed by atoms with Crippen molar-refractivity contribution in [2.45, 2.75) is 13.0 Å². The van der Waals surface area contributed by atoms with Crippen LogP contribution in [0.4, 0.5) is 10.1 Å². The molecule has 0 bridgehead atoms. The van der Waals surface area contributed by atoms with Gasteiger partial charge in [-0.1, -0.05) is 0 Å². The zero-order chi connectivity index (χ0) is 12.3. The van der Waals surface area contributed by atoms with E-state index < -0.39 is 0 Å². The molecule has 2 rings (SSSR count). The van der Waals surface area contributed by atoms with Crippen molar-refractivity contribution < 1.29 is 4.39 Å². The van der Waals surface area contributed by atoms with Crippen molar-refractivity contribution >= 4 is 5.69 Å². The van der Waals surface area contributed by atoms with Crippen LogP contribution in [0.2, 0.25) is 0 Å². The fraction of sp³-hybridized carbons (Fsp3) is 0.538. The molecule has 0 saturated carbocycles. The fourth-order valence-electron chi connectivity index (χ4n) is 2.25. The van der Waals surface area contributed by atoms with E-state index in [0.29, 0.717) is 0 Å². The Bertz CT molecular complexity index is 342. The van der Waals surface area contributed by atoms with E-state index in [1.54, 1.807) is 0 Å². The number of anilines is 1. The van der Waals surface area contributed by atoms with Crippen LogP contribution in [0.3, 0.4) is 0 Å². The highest BCUT2D eigenvalue weighted by Crippen LogP contribution is 2.16. The van der Waals surface area contributed by atoms with Crippen molar-refractivity contribution in [3.8, 4) is 0 Å². The maximum absolute atomic E-state index is 12.8. The largest absolute Gasteiger partial charge is 0.369 e. The predicted octanol–water partition coefficient (Wildman–Crippen LogP) is 1.29. The monoisotopic (exact) mass is 237 g/mol. The molecule has 1 aromatic carbocycles. The van der Waals surface area contributed by atoms with Gasteiger partial charge in [0.05, 0.1) is 0 Å². The van der Waals surface area contributed by atoms with E-state index in [-0.39, 0.29) is 11.9 Å². The number of rotatable bonds is 3. The third-order valence-corrected chi connectivity index (χ3v) is 3.11. The van der Waals surface area contributed by atoms with Crippen LogP contribution in [-0.4, -0.2) is 43.7 Å². The highest BCUT2D eigenvalue weighted by atomic mass is 19.1. The van der Waals surface area contributed by atoms with Crippen molar-refractivity contribution in [3.63, 3.8) is 0 Å². The van der Waals surface area contributed by atoms with E-state index in [1.807, 2.05) is 19.1 Å². The molecule has 1 aromatic rings. The standard InChI is InChI=1S/C13H20FN3/c1-11(15)10-16-6-8-17(9-7-16)13-4-2-12(14)3-5-13/h2-5,11H,6-10,15H2,1H3/t11-/m0/s1. The molecule has 0 unspecified atom stereocenters. The molecule has 1 saturated heterocycles. The zero-order valence-electron chi connectivity index (χ0n) is 10.3. The molecular weight excluding hydrogens is 217 g/mol. The van der Waals surface area contributed by atoms with E-state index in [9.17, 15) is 4.39 Å². The van der Waals surface area contributed by atoms with E-state index >= 15 is 0 Å². The molecule has 1 aliphatic rings. The second kappa shape index (κ2) is 5.47. The van der Waals surface area contributed by atoms with Gasteiger partial charge in [-0.3, -0.25) is 4.90 Å². The molecule has 0 aliphatic carbocycles. The molecule has 1 aliphatic heterocycles. The van der Waals surface area contributed by atoms with Crippen LogP contribution in [0, 0.1) is 5.82 Å². The summed E-state index contributed by atoms with van der Waals surface area (Å²) in [4.78, 5) is 4.67. The lowest BCUT2D eigenvalue weighted by Gasteiger charge is -2.36. The molecule has 2 N–H and O–H groups in total. The van der Waals surface area contributed by atoms with Crippen molar-refractivity contribution in [2.24, 2.45) is 5.73 Å². The molecule has 0 radical (unpaired) electrons. The first-order valence-corrected chi connectivity index (χ1v) is 6.13. The Labute approximate surface area is 102 Å². The Balaban J connectivity index is 1.88. The molecule has 0 spiro atoms. The molecule has 1 heterocycles. The number of nitrogens with zero attached hydrogens (tertiary/aromatic N) is 2. The minimum Gasteiger partial charge on any atom is -0.369 e. The number of hydrogen-bond donors (Lipinski definition) is 1. The topological polar surface area (TPSA) is 32.5 Å². The molecule has 0 aromatic heterocycles. The Kier molecular flexibility index (Phi) is 3.97. The number of halogens is 1. The smallest absolute Gasteiger partial charge is 0.123 e. The van der Waals surface area contributed by atoms with E-state index in [1.165, 1.54) is 12.1 Å². The summed E-state index contributed by atoms with van der Waals surface area (Å²) in [5.74, 6) is -0.177. The average Bonchev–Trinajstić information content (AvgIpc) is 2.30. The summed E-state index contributed by atoms with van der Waals surface area (Å²) >= 11 is 0. The van der Waals surface area contributed by atoms with Crippen molar-refractivity contribution in [1.29, 1.82) is 0 Å². The first kappa shape index (κ1) is 12.3. The maximum atomic E-state index is 12.8. The second-order valence-electron chi connectivity index (χ2n) is 4.74. The summed E-state index contributed by atoms with van der Waals surface area (Å²) in [6.45, 7) is 7.01. The first-order chi connectivity index (χ1) is 8.15. The van der Waals surface area contributed by atoms with Gasteiger partial charge in [0.2, 0.25) is 0 Å². The van der Waals surface area contributed by atoms with Gasteiger partial charge in [0.1, 0.15) is 5.82 Å². The van der Waals surface area contributed by atoms with Crippen LogP contribution in [-0.2, 0) is 0 Å². The molecule has 3 nitrogen and oxygen atoms in total. The molecular formula is C13H20FN3. The zero-order valence-corrected chi connectivity index (χ0v) is 10.3. The quantitative estimate of drug-likeness (QED) is 0.860. The van der Waals surface area contributed by atoms with Gasteiger partial charge >= 0.3 is 0 Å². The van der Waals surface area contributed by atoms with Crippen molar-refractivity contribution in [1.82, 2.24) is 4.90 Å². The predicted molar refractivity (Wildman–Crippen MR) is 68.7 cm³/mol. The van der Waals surface area contributed by atoms with Crippen LogP contribution < -0.4 is 10.6 Å². The van der Waals surface area contributed by atoms with Crippen LogP contribution in [0.5, 0.6) is 0 Å². The first-order valence-electron chi connectivity index (χ1n) is 6.13. The van der Waals surface area contributed by atoms with Crippen molar-refractivity contribution in [3.05, 3.63) is 30.1 Å². The van der Waals surface area contributed by atoms with E-state index in [2.05, 4.69) is 9.80 Å². The SMILES string of the molecule is C[C@H](N)CN1CCN(c2ccc(F)cc2)CC1. The summed E-state index contributed by atoms with van der Waals surface area (Å²) in [7, 11) is 0. The van der Waals surface area contributed by atoms with Crippen LogP contribution in [0.25, 0.3) is 0 Å². The summed E-state index contributed by atoms with van der Waals surface area (Å²) < 4.78 is 12.8. The normalized spacial score (nSPS) is 19.4. The lowest BCUT2D eigenvalue weighted by Crippen LogP contribution is -2.49. The van der Waals surface area contributed by atoms with Crippen LogP contribution >= 0.6 is 0 Å². The molecule has 1 atom stereocenters. The third-order valence-electron chi connectivity index (χ3n) is 3.11. The van der Waals surface area contributed by atoms with Gasteiger partial charge in [0, 0.05) is 44.5 Å². The van der Waals surface area contributed by atoms with Crippen molar-refractivity contribution in [2.75, 3.05) is 37.6 Å². The molecule has 17 heavy (non-hydrogen) atoms. The Morgan fingerprint density at radius 1 is 1.18 bits per heavy atom. The van der Waals surface area contributed by atoms with Gasteiger partial charge in [0.15, 0.2) is 0 Å². The van der Waals surface area contributed by atoms with Gasteiger partial charge in [0.25, 0.3) is 0 Å². The Morgan fingerprint density at radius 2 is 1.76 bits per heavy atom. The maximum Gasteiger partial charge on any atom is 0.123 e. The van der Waals surface area contributed by atoms with Gasteiger partial charge in [-0.25, -0.2) is 4.39 Å². The lowest BCUT2D eigenvalue weighted by molar-refractivity contribution is 0.247.